The van der Waals surface area contributed by atoms with E-state index in [1.165, 1.54) is 60.9 Å². The molecule has 31 heteroatoms. The van der Waals surface area contributed by atoms with Crippen molar-refractivity contribution >= 4 is 82.3 Å². The molecule has 7 fully saturated rings. The molecule has 0 spiro atoms. The van der Waals surface area contributed by atoms with Gasteiger partial charge in [0.1, 0.15) is 47.5 Å². The maximum atomic E-state index is 13.5. The summed E-state index contributed by atoms with van der Waals surface area (Å²) < 4.78 is 63.2. The predicted molar refractivity (Wildman–Crippen MR) is 305 cm³/mol. The van der Waals surface area contributed by atoms with Gasteiger partial charge >= 0.3 is 6.18 Å². The molecule has 0 aromatic carbocycles. The van der Waals surface area contributed by atoms with Crippen molar-refractivity contribution in [3.63, 3.8) is 0 Å². The Morgan fingerprint density at radius 2 is 0.797 bits per heavy atom. The van der Waals surface area contributed by atoms with Crippen molar-refractivity contribution < 1.29 is 119 Å². The van der Waals surface area contributed by atoms with Crippen LogP contribution in [0.1, 0.15) is 75.7 Å². The molecule has 7 rings (SSSR count). The molecule has 0 aromatic rings. The second-order valence-electron chi connectivity index (χ2n) is 21.1. The monoisotopic (exact) mass is 1290 g/mol. The van der Waals surface area contributed by atoms with Gasteiger partial charge in [0.2, 0.25) is 0 Å². The second-order valence-corrected chi connectivity index (χ2v) is 32.3. The summed E-state index contributed by atoms with van der Waals surface area (Å²) in [5.41, 5.74) is -8.47. The van der Waals surface area contributed by atoms with Crippen molar-refractivity contribution in [3.05, 3.63) is 0 Å². The third-order valence-electron chi connectivity index (χ3n) is 15.6. The number of halogens is 5. The fraction of sp³-hybridized carbons (Fsp3) is 1.00. The van der Waals surface area contributed by atoms with Crippen LogP contribution in [0.2, 0.25) is 0 Å². The first-order valence-corrected chi connectivity index (χ1v) is 32.3. The summed E-state index contributed by atoms with van der Waals surface area (Å²) in [5, 5.41) is 171. The summed E-state index contributed by atoms with van der Waals surface area (Å²) in [7, 11) is 0. The fourth-order valence-electron chi connectivity index (χ4n) is 8.99. The molecule has 7 saturated heterocycles. The number of hydrogen-bond acceptors (Lipinski definition) is 26. The van der Waals surface area contributed by atoms with Crippen molar-refractivity contribution in [1.29, 1.82) is 0 Å². The minimum atomic E-state index is -4.89. The van der Waals surface area contributed by atoms with E-state index in [4.69, 9.17) is 46.0 Å². The van der Waals surface area contributed by atoms with E-state index in [1.807, 2.05) is 27.7 Å². The Morgan fingerprint density at radius 3 is 1.00 bits per heavy atom. The molecule has 0 aromatic heterocycles. The van der Waals surface area contributed by atoms with E-state index >= 15 is 0 Å². The summed E-state index contributed by atoms with van der Waals surface area (Å²) in [6.45, 7) is 14.8. The standard InChI is InChI=1S/C7H11F3O3S.C7H13FO3S.C7H13FO2S.3C7H14O3S.C6H12O2S/c1-3-6(13,7(8,9)10)5(12)4(2-11)14-3;1-4-7(11,3-8)6(10)5(2-9)12-4;1-4-7(2,8)6(10)5(3-9)11-4;2*1-4-7(2,10)6(9)5(3-8)11-4;1-4-7(10)5(2-8)6(3-9)11-4;1-4-6(8)2-5(3-7)9-4/h3-5,11-13H,2H2,1H3;4-6,9-11H,2-3H2,1H3;4-6,9-10H,3H2,1-2H3;2*4-6,8-10H,3H2,1-2H3;4-10H,2-3H2,1H3;4-8H,2-3H2,1H3/t3-,4+,5+,6-;5*4-,5+,6+,7-;4-,5-,6+/m0000000/s1. The first kappa shape index (κ1) is 78.4. The molecule has 7 aliphatic rings. The van der Waals surface area contributed by atoms with Crippen molar-refractivity contribution in [3.8, 4) is 0 Å². The smallest absolute Gasteiger partial charge is 0.396 e. The largest absolute Gasteiger partial charge is 0.420 e. The highest BCUT2D eigenvalue weighted by atomic mass is 32.2. The number of thioether (sulfide) groups is 7. The molecule has 0 amide bonds. The highest BCUT2D eigenvalue weighted by Crippen LogP contribution is 2.50. The zero-order valence-electron chi connectivity index (χ0n) is 46.0. The Kier molecular flexibility index (Phi) is 33.3. The van der Waals surface area contributed by atoms with Gasteiger partial charge in [0.15, 0.2) is 5.60 Å². The van der Waals surface area contributed by atoms with E-state index in [-0.39, 0.29) is 111 Å². The van der Waals surface area contributed by atoms with E-state index in [1.54, 1.807) is 51.2 Å². The quantitative estimate of drug-likeness (QED) is 0.125. The second kappa shape index (κ2) is 33.6. The number of aliphatic hydroxyl groups is 19. The molecule has 27 atom stereocenters. The van der Waals surface area contributed by atoms with Crippen LogP contribution in [-0.2, 0) is 0 Å². The van der Waals surface area contributed by atoms with Crippen molar-refractivity contribution in [1.82, 2.24) is 0 Å². The molecule has 0 saturated carbocycles. The SMILES string of the molecule is C[C@@H]1S[C@H](CO)C[C@H]1O.C[C@@H]1S[C@H](CO)[C@@H](CO)[C@H]1O.C[C@@H]1S[C@H](CO)[C@@H](O)[C@@]1(C)F.C[C@@H]1S[C@H](CO)[C@@H](O)[C@@]1(C)O.C[C@@H]1S[C@H](CO)[C@@H](O)[C@@]1(C)O.C[C@@H]1S[C@H](CO)[C@@H](O)[C@]1(O)C(F)(F)F.C[C@@H]1S[C@H](CO)[C@@H](O)[C@]1(O)CF. The summed E-state index contributed by atoms with van der Waals surface area (Å²) in [6, 6.07) is 0. The minimum Gasteiger partial charge on any atom is -0.396 e. The molecule has 7 heterocycles. The molecule has 19 N–H and O–H groups in total. The highest BCUT2D eigenvalue weighted by Gasteiger charge is 2.67. The zero-order valence-corrected chi connectivity index (χ0v) is 51.7. The van der Waals surface area contributed by atoms with Gasteiger partial charge in [-0.05, 0) is 27.2 Å². The maximum absolute atomic E-state index is 13.5. The van der Waals surface area contributed by atoms with Crippen LogP contribution in [0.15, 0.2) is 0 Å². The van der Waals surface area contributed by atoms with Crippen LogP contribution in [0.25, 0.3) is 0 Å². The Labute approximate surface area is 490 Å². The van der Waals surface area contributed by atoms with E-state index in [2.05, 4.69) is 0 Å². The molecule has 0 radical (unpaired) electrons. The van der Waals surface area contributed by atoms with Crippen LogP contribution in [0, 0.1) is 5.92 Å². The fourth-order valence-corrected chi connectivity index (χ4v) is 18.9. The molecular formula is C48H91F5O19S7. The maximum Gasteiger partial charge on any atom is 0.420 e. The van der Waals surface area contributed by atoms with Gasteiger partial charge in [-0.25, -0.2) is 8.78 Å². The van der Waals surface area contributed by atoms with Crippen molar-refractivity contribution in [2.45, 2.75) is 226 Å². The molecular weight excluding hydrogens is 1200 g/mol. The molecule has 474 valence electrons. The van der Waals surface area contributed by atoms with Crippen molar-refractivity contribution in [2.24, 2.45) is 5.92 Å². The summed E-state index contributed by atoms with van der Waals surface area (Å²) in [4.78, 5) is 0. The van der Waals surface area contributed by atoms with Crippen LogP contribution >= 0.6 is 82.3 Å². The van der Waals surface area contributed by atoms with Crippen molar-refractivity contribution in [2.75, 3.05) is 59.5 Å². The zero-order chi connectivity index (χ0) is 61.7. The Morgan fingerprint density at radius 1 is 0.430 bits per heavy atom. The van der Waals surface area contributed by atoms with Gasteiger partial charge in [-0.3, -0.25) is 0 Å². The normalized spacial score (nSPS) is 47.9. The number of hydrogen-bond donors (Lipinski definition) is 19. The van der Waals surface area contributed by atoms with Crippen LogP contribution in [0.4, 0.5) is 22.0 Å². The summed E-state index contributed by atoms with van der Waals surface area (Å²) in [6.07, 6.45) is -10.6. The Balaban J connectivity index is 0.000000462. The van der Waals surface area contributed by atoms with Gasteiger partial charge in [-0.1, -0.05) is 48.5 Å². The predicted octanol–water partition coefficient (Wildman–Crippen LogP) is -0.873. The minimum absolute atomic E-state index is 0.00463. The average molecular weight is 1290 g/mol. The van der Waals surface area contributed by atoms with Gasteiger partial charge in [0.25, 0.3) is 0 Å². The molecule has 7 aliphatic heterocycles. The van der Waals surface area contributed by atoms with Crippen LogP contribution in [0.5, 0.6) is 0 Å². The molecule has 0 aliphatic carbocycles. The third-order valence-corrected chi connectivity index (χ3v) is 26.6. The van der Waals surface area contributed by atoms with Gasteiger partial charge < -0.3 is 97.0 Å². The Hall–Kier alpha value is 1.34. The van der Waals surface area contributed by atoms with E-state index in [0.29, 0.717) is 5.25 Å². The topological polar surface area (TPSA) is 384 Å². The van der Waals surface area contributed by atoms with E-state index in [9.17, 15) is 73.0 Å². The first-order chi connectivity index (χ1) is 36.2. The van der Waals surface area contributed by atoms with Gasteiger partial charge in [-0.2, -0.15) is 24.9 Å². The van der Waals surface area contributed by atoms with Crippen LogP contribution in [0.3, 0.4) is 0 Å². The Bertz CT molecular complexity index is 1640. The summed E-state index contributed by atoms with van der Waals surface area (Å²) in [5.74, 6) is -0.153. The first-order valence-electron chi connectivity index (χ1n) is 25.7. The molecule has 79 heavy (non-hydrogen) atoms. The van der Waals surface area contributed by atoms with Crippen LogP contribution < -0.4 is 0 Å². The van der Waals surface area contributed by atoms with Gasteiger partial charge in [-0.15, -0.1) is 70.6 Å². The molecule has 0 unspecified atom stereocenters. The lowest BCUT2D eigenvalue weighted by Gasteiger charge is -2.32. The third kappa shape index (κ3) is 19.2. The molecule has 0 bridgehead atoms. The number of alkyl halides is 5. The highest BCUT2D eigenvalue weighted by molar-refractivity contribution is 8.02. The lowest BCUT2D eigenvalue weighted by atomic mass is 9.91. The number of aliphatic hydroxyl groups excluding tert-OH is 15. The lowest BCUT2D eigenvalue weighted by Crippen LogP contribution is -2.58. The van der Waals surface area contributed by atoms with E-state index in [0.717, 1.165) is 18.2 Å². The lowest BCUT2D eigenvalue weighted by molar-refractivity contribution is -0.285. The molecule has 19 nitrogen and oxygen atoms in total. The van der Waals surface area contributed by atoms with Gasteiger partial charge in [0, 0.05) is 59.8 Å². The van der Waals surface area contributed by atoms with Crippen LogP contribution in [-0.4, -0.2) is 307 Å². The average Bonchev–Trinajstić information content (AvgIpc) is 4.17. The number of rotatable bonds is 9. The summed E-state index contributed by atoms with van der Waals surface area (Å²) >= 11 is 9.34. The van der Waals surface area contributed by atoms with E-state index < -0.39 is 99.9 Å². The van der Waals surface area contributed by atoms with Gasteiger partial charge in [0.05, 0.1) is 96.9 Å².